The van der Waals surface area contributed by atoms with Crippen LogP contribution in [0, 0.1) is 5.82 Å². The van der Waals surface area contributed by atoms with Crippen LogP contribution in [0.5, 0.6) is 0 Å². The molecule has 20 heavy (non-hydrogen) atoms. The molecule has 0 saturated carbocycles. The molecule has 5 nitrogen and oxygen atoms in total. The van der Waals surface area contributed by atoms with E-state index in [9.17, 15) is 9.18 Å². The zero-order valence-electron chi connectivity index (χ0n) is 10.7. The van der Waals surface area contributed by atoms with Crippen molar-refractivity contribution < 1.29 is 9.13 Å². The molecule has 106 valence electrons. The molecule has 1 aromatic heterocycles. The first-order valence-corrected chi connectivity index (χ1v) is 6.23. The molecule has 0 fully saturated rings. The summed E-state index contributed by atoms with van der Waals surface area (Å²) in [5, 5.41) is 3.00. The van der Waals surface area contributed by atoms with Gasteiger partial charge in [-0.2, -0.15) is 0 Å². The van der Waals surface area contributed by atoms with Gasteiger partial charge in [0.15, 0.2) is 0 Å². The molecular weight excluding hydrogens is 285 g/mol. The van der Waals surface area contributed by atoms with Crippen LogP contribution in [-0.4, -0.2) is 17.1 Å². The number of aromatic nitrogens is 2. The molecule has 7 heteroatoms. The Labute approximate surface area is 119 Å². The molecule has 0 bridgehead atoms. The number of aromatic amines is 1. The molecule has 0 aliphatic rings. The SMILES string of the molecule is COCc1cc(=O)[nH]c(NCc2ccc(F)c(Cl)c2)n1. The maximum atomic E-state index is 13.0. The number of hydrogen-bond donors (Lipinski definition) is 2. The lowest BCUT2D eigenvalue weighted by atomic mass is 10.2. The van der Waals surface area contributed by atoms with E-state index in [0.29, 0.717) is 18.2 Å². The van der Waals surface area contributed by atoms with E-state index in [4.69, 9.17) is 16.3 Å². The zero-order chi connectivity index (χ0) is 14.5. The summed E-state index contributed by atoms with van der Waals surface area (Å²) in [6, 6.07) is 5.77. The second kappa shape index (κ2) is 6.49. The highest BCUT2D eigenvalue weighted by Gasteiger charge is 2.03. The van der Waals surface area contributed by atoms with Crippen LogP contribution in [0.2, 0.25) is 5.02 Å². The maximum Gasteiger partial charge on any atom is 0.252 e. The fourth-order valence-corrected chi connectivity index (χ4v) is 1.85. The molecule has 0 atom stereocenters. The van der Waals surface area contributed by atoms with Crippen molar-refractivity contribution in [3.63, 3.8) is 0 Å². The van der Waals surface area contributed by atoms with Gasteiger partial charge in [-0.1, -0.05) is 17.7 Å². The number of nitrogens with one attached hydrogen (secondary N) is 2. The highest BCUT2D eigenvalue weighted by atomic mass is 35.5. The monoisotopic (exact) mass is 297 g/mol. The van der Waals surface area contributed by atoms with Gasteiger partial charge in [0.05, 0.1) is 17.3 Å². The van der Waals surface area contributed by atoms with Gasteiger partial charge in [0, 0.05) is 19.7 Å². The lowest BCUT2D eigenvalue weighted by molar-refractivity contribution is 0.181. The van der Waals surface area contributed by atoms with Crippen LogP contribution >= 0.6 is 11.6 Å². The molecular formula is C13H13ClFN3O2. The molecule has 0 aliphatic heterocycles. The van der Waals surface area contributed by atoms with E-state index < -0.39 is 5.82 Å². The molecule has 0 aliphatic carbocycles. The van der Waals surface area contributed by atoms with Gasteiger partial charge < -0.3 is 10.1 Å². The molecule has 0 saturated heterocycles. The number of methoxy groups -OCH3 is 1. The van der Waals surface area contributed by atoms with E-state index in [2.05, 4.69) is 15.3 Å². The minimum absolute atomic E-state index is 0.0545. The first-order chi connectivity index (χ1) is 9.58. The van der Waals surface area contributed by atoms with Crippen molar-refractivity contribution in [2.75, 3.05) is 12.4 Å². The predicted octanol–water partition coefficient (Wildman–Crippen LogP) is 2.32. The first kappa shape index (κ1) is 14.5. The fraction of sp³-hybridized carbons (Fsp3) is 0.231. The minimum atomic E-state index is -0.468. The van der Waals surface area contributed by atoms with Crippen LogP contribution in [0.4, 0.5) is 10.3 Å². The predicted molar refractivity (Wildman–Crippen MR) is 74.3 cm³/mol. The van der Waals surface area contributed by atoms with E-state index in [1.807, 2.05) is 0 Å². The van der Waals surface area contributed by atoms with Crippen molar-refractivity contribution in [1.29, 1.82) is 0 Å². The molecule has 0 amide bonds. The average Bonchev–Trinajstić information content (AvgIpc) is 2.40. The largest absolute Gasteiger partial charge is 0.378 e. The van der Waals surface area contributed by atoms with Crippen LogP contribution in [0.1, 0.15) is 11.3 Å². The lowest BCUT2D eigenvalue weighted by Gasteiger charge is -2.07. The molecule has 1 aromatic carbocycles. The van der Waals surface area contributed by atoms with Gasteiger partial charge in [-0.05, 0) is 17.7 Å². The number of nitrogens with zero attached hydrogens (tertiary/aromatic N) is 1. The normalized spacial score (nSPS) is 10.6. The molecule has 2 aromatic rings. The molecule has 0 radical (unpaired) electrons. The summed E-state index contributed by atoms with van der Waals surface area (Å²) in [5.74, 6) is -0.144. The number of rotatable bonds is 5. The van der Waals surface area contributed by atoms with Crippen molar-refractivity contribution in [3.8, 4) is 0 Å². The van der Waals surface area contributed by atoms with E-state index in [0.717, 1.165) is 5.56 Å². The lowest BCUT2D eigenvalue weighted by Crippen LogP contribution is -2.14. The number of benzene rings is 1. The standard InChI is InChI=1S/C13H13ClFN3O2/c1-20-7-9-5-12(19)18-13(17-9)16-6-8-2-3-11(15)10(14)4-8/h2-5H,6-7H2,1H3,(H2,16,17,18,19). The van der Waals surface area contributed by atoms with Crippen molar-refractivity contribution >= 4 is 17.5 Å². The fourth-order valence-electron chi connectivity index (χ4n) is 1.65. The summed E-state index contributed by atoms with van der Waals surface area (Å²) in [6.07, 6.45) is 0. The van der Waals surface area contributed by atoms with Gasteiger partial charge in [-0.3, -0.25) is 9.78 Å². The van der Waals surface area contributed by atoms with E-state index in [1.54, 1.807) is 6.07 Å². The third-order valence-corrected chi connectivity index (χ3v) is 2.82. The third-order valence-electron chi connectivity index (χ3n) is 2.53. The van der Waals surface area contributed by atoms with Crippen LogP contribution in [-0.2, 0) is 17.9 Å². The van der Waals surface area contributed by atoms with Crippen molar-refractivity contribution in [3.05, 3.63) is 56.7 Å². The summed E-state index contributed by atoms with van der Waals surface area (Å²) in [6.45, 7) is 0.611. The van der Waals surface area contributed by atoms with Crippen LogP contribution in [0.3, 0.4) is 0 Å². The zero-order valence-corrected chi connectivity index (χ0v) is 11.5. The highest BCUT2D eigenvalue weighted by molar-refractivity contribution is 6.30. The molecule has 1 heterocycles. The van der Waals surface area contributed by atoms with E-state index in [1.165, 1.54) is 25.3 Å². The molecule has 2 N–H and O–H groups in total. The van der Waals surface area contributed by atoms with Gasteiger partial charge in [0.25, 0.3) is 5.56 Å². The summed E-state index contributed by atoms with van der Waals surface area (Å²) in [7, 11) is 1.52. The number of anilines is 1. The van der Waals surface area contributed by atoms with Crippen molar-refractivity contribution in [2.45, 2.75) is 13.2 Å². The van der Waals surface area contributed by atoms with Gasteiger partial charge in [-0.15, -0.1) is 0 Å². The van der Waals surface area contributed by atoms with Gasteiger partial charge in [0.1, 0.15) is 5.82 Å². The first-order valence-electron chi connectivity index (χ1n) is 5.85. The second-order valence-corrected chi connectivity index (χ2v) is 4.53. The van der Waals surface area contributed by atoms with Crippen molar-refractivity contribution in [2.24, 2.45) is 0 Å². The Morgan fingerprint density at radius 2 is 2.25 bits per heavy atom. The summed E-state index contributed by atoms with van der Waals surface area (Å²) < 4.78 is 18.0. The number of ether oxygens (including phenoxy) is 1. The minimum Gasteiger partial charge on any atom is -0.378 e. The topological polar surface area (TPSA) is 67.0 Å². The quantitative estimate of drug-likeness (QED) is 0.889. The summed E-state index contributed by atoms with van der Waals surface area (Å²) in [5.41, 5.74) is 1.03. The van der Waals surface area contributed by atoms with E-state index in [-0.39, 0.29) is 17.2 Å². The Balaban J connectivity index is 2.10. The number of halogens is 2. The Morgan fingerprint density at radius 3 is 2.95 bits per heavy atom. The Morgan fingerprint density at radius 1 is 1.45 bits per heavy atom. The average molecular weight is 298 g/mol. The van der Waals surface area contributed by atoms with Gasteiger partial charge in [-0.25, -0.2) is 9.37 Å². The molecule has 0 unspecified atom stereocenters. The van der Waals surface area contributed by atoms with Crippen LogP contribution in [0.25, 0.3) is 0 Å². The van der Waals surface area contributed by atoms with Gasteiger partial charge >= 0.3 is 0 Å². The highest BCUT2D eigenvalue weighted by Crippen LogP contribution is 2.16. The smallest absolute Gasteiger partial charge is 0.252 e. The molecule has 0 spiro atoms. The Bertz CT molecular complexity index is 660. The Hall–Kier alpha value is -1.92. The maximum absolute atomic E-state index is 13.0. The summed E-state index contributed by atoms with van der Waals surface area (Å²) in [4.78, 5) is 18.2. The van der Waals surface area contributed by atoms with E-state index >= 15 is 0 Å². The van der Waals surface area contributed by atoms with Crippen LogP contribution < -0.4 is 10.9 Å². The van der Waals surface area contributed by atoms with Gasteiger partial charge in [0.2, 0.25) is 5.95 Å². The Kier molecular flexibility index (Phi) is 4.70. The van der Waals surface area contributed by atoms with Crippen molar-refractivity contribution in [1.82, 2.24) is 9.97 Å². The third kappa shape index (κ3) is 3.79. The number of hydrogen-bond acceptors (Lipinski definition) is 4. The summed E-state index contributed by atoms with van der Waals surface area (Å²) >= 11 is 5.69. The van der Waals surface area contributed by atoms with Crippen LogP contribution in [0.15, 0.2) is 29.1 Å². The second-order valence-electron chi connectivity index (χ2n) is 4.12. The number of H-pyrrole nitrogens is 1. The molecule has 2 rings (SSSR count).